The summed E-state index contributed by atoms with van der Waals surface area (Å²) in [5.74, 6) is 5.56. The van der Waals surface area contributed by atoms with Crippen molar-refractivity contribution in [2.45, 2.75) is 57.6 Å². The first kappa shape index (κ1) is 18.4. The van der Waals surface area contributed by atoms with Crippen molar-refractivity contribution in [3.63, 3.8) is 0 Å². The Hall–Kier alpha value is -0.963. The van der Waals surface area contributed by atoms with Crippen molar-refractivity contribution in [1.82, 2.24) is 15.2 Å². The highest BCUT2D eigenvalue weighted by molar-refractivity contribution is 7.80. The highest BCUT2D eigenvalue weighted by Gasteiger charge is 2.25. The lowest BCUT2D eigenvalue weighted by Crippen LogP contribution is -2.32. The summed E-state index contributed by atoms with van der Waals surface area (Å²) in [5, 5.41) is 4.74. The zero-order valence-electron chi connectivity index (χ0n) is 14.3. The Kier molecular flexibility index (Phi) is 6.57. The van der Waals surface area contributed by atoms with Crippen LogP contribution in [0.25, 0.3) is 0 Å². The van der Waals surface area contributed by atoms with Crippen molar-refractivity contribution < 1.29 is 9.47 Å². The minimum absolute atomic E-state index is 0.235. The van der Waals surface area contributed by atoms with Gasteiger partial charge in [-0.25, -0.2) is 10.5 Å². The largest absolute Gasteiger partial charge is 0.470 e. The first-order valence-electron chi connectivity index (χ1n) is 8.16. The average Bonchev–Trinajstić information content (AvgIpc) is 2.92. The monoisotopic (exact) mass is 356 g/mol. The summed E-state index contributed by atoms with van der Waals surface area (Å²) < 4.78 is 13.3. The Labute approximate surface area is 144 Å². The number of aromatic nitrogens is 2. The minimum Gasteiger partial charge on any atom is -0.470 e. The molecule has 0 spiro atoms. The minimum atomic E-state index is -1.04. The fourth-order valence-electron chi connectivity index (χ4n) is 2.74. The number of hydrazine groups is 1. The van der Waals surface area contributed by atoms with E-state index in [4.69, 9.17) is 27.5 Å². The quantitative estimate of drug-likeness (QED) is 0.257. The molecule has 8 heteroatoms. The molecule has 3 N–H and O–H groups in total. The van der Waals surface area contributed by atoms with Gasteiger partial charge in [0, 0.05) is 26.3 Å². The summed E-state index contributed by atoms with van der Waals surface area (Å²) in [5.41, 5.74) is 4.87. The van der Waals surface area contributed by atoms with Crippen LogP contribution in [0.5, 0.6) is 0 Å². The molecule has 6 nitrogen and oxygen atoms in total. The Morgan fingerprint density at radius 3 is 3.00 bits per heavy atom. The topological polar surface area (TPSA) is 74.3 Å². The molecule has 23 heavy (non-hydrogen) atoms. The molecule has 1 atom stereocenters. The molecule has 1 aliphatic carbocycles. The first-order chi connectivity index (χ1) is 10.9. The molecule has 130 valence electrons. The molecule has 0 radical (unpaired) electrons. The highest BCUT2D eigenvalue weighted by Crippen LogP contribution is 2.31. The molecule has 0 amide bonds. The predicted molar refractivity (Wildman–Crippen MR) is 97.9 cm³/mol. The van der Waals surface area contributed by atoms with Crippen LogP contribution >= 0.6 is 12.2 Å². The van der Waals surface area contributed by atoms with E-state index >= 15 is 0 Å². The maximum Gasteiger partial charge on any atom is 0.271 e. The van der Waals surface area contributed by atoms with E-state index in [9.17, 15) is 0 Å². The number of ether oxygens (including phenoxy) is 2. The van der Waals surface area contributed by atoms with Crippen LogP contribution in [0.15, 0.2) is 6.20 Å². The van der Waals surface area contributed by atoms with Crippen LogP contribution in [-0.2, 0) is 22.6 Å². The third kappa shape index (κ3) is 5.56. The van der Waals surface area contributed by atoms with Gasteiger partial charge in [0.15, 0.2) is 0 Å². The number of thiocarbonyl (C=S) groups is 1. The lowest BCUT2D eigenvalue weighted by atomic mass is 9.88. The second kappa shape index (κ2) is 8.23. The van der Waals surface area contributed by atoms with Gasteiger partial charge < -0.3 is 9.47 Å². The molecular formula is C15H28N4O2SSi. The summed E-state index contributed by atoms with van der Waals surface area (Å²) >= 11 is 4.93. The van der Waals surface area contributed by atoms with E-state index in [-0.39, 0.29) is 5.17 Å². The second-order valence-electron chi connectivity index (χ2n) is 7.23. The Balaban J connectivity index is 1.90. The van der Waals surface area contributed by atoms with Crippen LogP contribution in [0.3, 0.4) is 0 Å². The van der Waals surface area contributed by atoms with Crippen molar-refractivity contribution in [2.75, 3.05) is 13.2 Å². The van der Waals surface area contributed by atoms with Gasteiger partial charge in [0.1, 0.15) is 6.73 Å². The molecule has 0 bridgehead atoms. The molecule has 0 fully saturated rings. The van der Waals surface area contributed by atoms with Crippen LogP contribution in [0, 0.1) is 0 Å². The van der Waals surface area contributed by atoms with E-state index in [1.807, 2.05) is 10.9 Å². The van der Waals surface area contributed by atoms with Crippen molar-refractivity contribution >= 4 is 25.5 Å². The van der Waals surface area contributed by atoms with Gasteiger partial charge >= 0.3 is 0 Å². The standard InChI is InChI=1S/C15H28N4O2SSi/c1-23(2,3)8-7-20-11-19-14-6-4-5-12(13(14)9-17-19)10-21-15(22)18-16/h9,12H,4-8,10-11,16H2,1-3H3,(H,18,22). The van der Waals surface area contributed by atoms with Gasteiger partial charge in [0.2, 0.25) is 0 Å². The lowest BCUT2D eigenvalue weighted by molar-refractivity contribution is 0.0759. The Morgan fingerprint density at radius 1 is 1.52 bits per heavy atom. The van der Waals surface area contributed by atoms with Crippen LogP contribution < -0.4 is 11.3 Å². The lowest BCUT2D eigenvalue weighted by Gasteiger charge is -2.23. The molecule has 0 saturated carbocycles. The molecule has 1 heterocycles. The molecule has 1 unspecified atom stereocenters. The van der Waals surface area contributed by atoms with Gasteiger partial charge in [-0.05, 0) is 43.1 Å². The smallest absolute Gasteiger partial charge is 0.271 e. The molecule has 1 aromatic rings. The number of rotatable bonds is 7. The summed E-state index contributed by atoms with van der Waals surface area (Å²) in [4.78, 5) is 0. The molecule has 1 aromatic heterocycles. The van der Waals surface area contributed by atoms with E-state index in [0.717, 1.165) is 25.9 Å². The Morgan fingerprint density at radius 2 is 2.30 bits per heavy atom. The SMILES string of the molecule is C[Si](C)(C)CCOCn1ncc2c1CCCC2COC(=S)NN. The van der Waals surface area contributed by atoms with Crippen molar-refractivity contribution in [1.29, 1.82) is 0 Å². The van der Waals surface area contributed by atoms with Crippen LogP contribution in [0.1, 0.15) is 30.0 Å². The molecular weight excluding hydrogens is 328 g/mol. The number of hydrogen-bond acceptors (Lipinski definition) is 5. The van der Waals surface area contributed by atoms with Gasteiger partial charge in [0.05, 0.1) is 12.8 Å². The zero-order chi connectivity index (χ0) is 16.9. The first-order valence-corrected chi connectivity index (χ1v) is 12.3. The van der Waals surface area contributed by atoms with E-state index in [2.05, 4.69) is 30.2 Å². The number of hydrogen-bond donors (Lipinski definition) is 2. The van der Waals surface area contributed by atoms with Crippen molar-refractivity contribution in [3.8, 4) is 0 Å². The van der Waals surface area contributed by atoms with Gasteiger partial charge in [-0.3, -0.25) is 5.43 Å². The fourth-order valence-corrected chi connectivity index (χ4v) is 3.57. The van der Waals surface area contributed by atoms with E-state index in [0.29, 0.717) is 19.3 Å². The maximum absolute atomic E-state index is 5.83. The van der Waals surface area contributed by atoms with E-state index in [1.54, 1.807) is 0 Å². The van der Waals surface area contributed by atoms with E-state index in [1.165, 1.54) is 17.3 Å². The third-order valence-electron chi connectivity index (χ3n) is 4.13. The second-order valence-corrected chi connectivity index (χ2v) is 13.2. The fraction of sp³-hybridized carbons (Fsp3) is 0.733. The molecule has 2 rings (SSSR count). The normalized spacial score (nSPS) is 17.7. The summed E-state index contributed by atoms with van der Waals surface area (Å²) in [7, 11) is -1.04. The summed E-state index contributed by atoms with van der Waals surface area (Å²) in [6.07, 6.45) is 5.21. The van der Waals surface area contributed by atoms with Gasteiger partial charge in [-0.15, -0.1) is 0 Å². The molecule has 0 aliphatic heterocycles. The molecule has 0 aromatic carbocycles. The van der Waals surface area contributed by atoms with Gasteiger partial charge in [0.25, 0.3) is 5.17 Å². The van der Waals surface area contributed by atoms with Gasteiger partial charge in [-0.1, -0.05) is 19.6 Å². The molecule has 0 saturated heterocycles. The van der Waals surface area contributed by atoms with Crippen LogP contribution in [0.2, 0.25) is 25.7 Å². The van der Waals surface area contributed by atoms with E-state index < -0.39 is 8.07 Å². The highest BCUT2D eigenvalue weighted by atomic mass is 32.1. The Bertz CT molecular complexity index is 530. The zero-order valence-corrected chi connectivity index (χ0v) is 16.1. The van der Waals surface area contributed by atoms with Crippen molar-refractivity contribution in [3.05, 3.63) is 17.5 Å². The maximum atomic E-state index is 5.83. The summed E-state index contributed by atoms with van der Waals surface area (Å²) in [6.45, 7) is 8.97. The number of nitrogens with zero attached hydrogens (tertiary/aromatic N) is 2. The predicted octanol–water partition coefficient (Wildman–Crippen LogP) is 2.38. The molecule has 1 aliphatic rings. The summed E-state index contributed by atoms with van der Waals surface area (Å²) in [6, 6.07) is 1.18. The number of fused-ring (bicyclic) bond motifs is 1. The van der Waals surface area contributed by atoms with Crippen LogP contribution in [0.4, 0.5) is 0 Å². The number of nitrogens with one attached hydrogen (secondary N) is 1. The van der Waals surface area contributed by atoms with Crippen LogP contribution in [-0.4, -0.2) is 36.2 Å². The van der Waals surface area contributed by atoms with Gasteiger partial charge in [-0.2, -0.15) is 5.10 Å². The third-order valence-corrected chi connectivity index (χ3v) is 6.07. The average molecular weight is 357 g/mol. The number of nitrogens with two attached hydrogens (primary N) is 1. The van der Waals surface area contributed by atoms with Crippen molar-refractivity contribution in [2.24, 2.45) is 5.84 Å².